The monoisotopic (exact) mass is 264 g/mol. The lowest BCUT2D eigenvalue weighted by molar-refractivity contribution is -0.229. The zero-order valence-corrected chi connectivity index (χ0v) is 12.0. The highest BCUT2D eigenvalue weighted by Gasteiger charge is 2.33. The minimum atomic E-state index is -0.103. The fourth-order valence-corrected chi connectivity index (χ4v) is 2.53. The van der Waals surface area contributed by atoms with Gasteiger partial charge in [0.25, 0.3) is 0 Å². The molecule has 0 radical (unpaired) electrons. The van der Waals surface area contributed by atoms with E-state index in [9.17, 15) is 0 Å². The van der Waals surface area contributed by atoms with E-state index in [0.29, 0.717) is 25.0 Å². The Morgan fingerprint density at radius 1 is 1.21 bits per heavy atom. The topological polar surface area (TPSA) is 27.7 Å². The molecular weight excluding hydrogens is 240 g/mol. The minimum Gasteiger partial charge on any atom is -0.374 e. The van der Waals surface area contributed by atoms with Gasteiger partial charge in [-0.1, -0.05) is 44.2 Å². The summed E-state index contributed by atoms with van der Waals surface area (Å²) >= 11 is 0. The van der Waals surface area contributed by atoms with Crippen molar-refractivity contribution in [1.82, 2.24) is 0 Å². The van der Waals surface area contributed by atoms with Crippen molar-refractivity contribution in [2.45, 2.75) is 39.3 Å². The average molecular weight is 264 g/mol. The predicted molar refractivity (Wildman–Crippen MR) is 74.7 cm³/mol. The van der Waals surface area contributed by atoms with Gasteiger partial charge in [-0.25, -0.2) is 0 Å². The van der Waals surface area contributed by atoms with Crippen LogP contribution in [0.2, 0.25) is 0 Å². The maximum Gasteiger partial charge on any atom is 0.160 e. The predicted octanol–water partition coefficient (Wildman–Crippen LogP) is 3.24. The molecule has 0 spiro atoms. The molecule has 1 heterocycles. The lowest BCUT2D eigenvalue weighted by Gasteiger charge is -2.38. The number of benzene rings is 1. The minimum absolute atomic E-state index is 0.103. The molecule has 1 aliphatic heterocycles. The largest absolute Gasteiger partial charge is 0.374 e. The van der Waals surface area contributed by atoms with Crippen molar-refractivity contribution in [3.05, 3.63) is 35.9 Å². The van der Waals surface area contributed by atoms with Gasteiger partial charge < -0.3 is 14.2 Å². The van der Waals surface area contributed by atoms with Gasteiger partial charge in [-0.3, -0.25) is 0 Å². The van der Waals surface area contributed by atoms with Gasteiger partial charge in [0.2, 0.25) is 0 Å². The van der Waals surface area contributed by atoms with Gasteiger partial charge in [0.15, 0.2) is 6.29 Å². The van der Waals surface area contributed by atoms with Crippen LogP contribution in [-0.4, -0.2) is 26.1 Å². The highest BCUT2D eigenvalue weighted by Crippen LogP contribution is 2.30. The number of ether oxygens (including phenoxy) is 3. The van der Waals surface area contributed by atoms with Gasteiger partial charge >= 0.3 is 0 Å². The van der Waals surface area contributed by atoms with E-state index in [-0.39, 0.29) is 12.4 Å². The molecule has 2 unspecified atom stereocenters. The highest BCUT2D eigenvalue weighted by molar-refractivity contribution is 5.13. The molecule has 3 nitrogen and oxygen atoms in total. The average Bonchev–Trinajstić information content (AvgIpc) is 2.43. The number of hydrogen-bond donors (Lipinski definition) is 0. The van der Waals surface area contributed by atoms with E-state index >= 15 is 0 Å². The zero-order valence-electron chi connectivity index (χ0n) is 12.0. The van der Waals surface area contributed by atoms with Crippen molar-refractivity contribution in [2.24, 2.45) is 11.8 Å². The summed E-state index contributed by atoms with van der Waals surface area (Å²) < 4.78 is 17.1. The van der Waals surface area contributed by atoms with Crippen molar-refractivity contribution >= 4 is 0 Å². The van der Waals surface area contributed by atoms with E-state index in [1.807, 2.05) is 18.2 Å². The van der Waals surface area contributed by atoms with Crippen LogP contribution < -0.4 is 0 Å². The molecule has 1 aromatic carbocycles. The Labute approximate surface area is 115 Å². The third-order valence-corrected chi connectivity index (χ3v) is 3.94. The van der Waals surface area contributed by atoms with Gasteiger partial charge in [0.05, 0.1) is 19.3 Å². The maximum atomic E-state index is 5.91. The smallest absolute Gasteiger partial charge is 0.160 e. The van der Waals surface area contributed by atoms with Crippen LogP contribution in [0, 0.1) is 11.8 Å². The summed E-state index contributed by atoms with van der Waals surface area (Å²) in [4.78, 5) is 0. The molecule has 106 valence electrons. The molecule has 0 saturated carbocycles. The third kappa shape index (κ3) is 4.03. The van der Waals surface area contributed by atoms with Gasteiger partial charge in [0.1, 0.15) is 0 Å². The molecule has 0 aromatic heterocycles. The first-order valence-electron chi connectivity index (χ1n) is 7.00. The summed E-state index contributed by atoms with van der Waals surface area (Å²) in [6, 6.07) is 10.2. The normalized spacial score (nSPS) is 31.3. The Kier molecular flexibility index (Phi) is 5.37. The van der Waals surface area contributed by atoms with Crippen molar-refractivity contribution < 1.29 is 14.2 Å². The molecule has 1 aromatic rings. The first-order valence-corrected chi connectivity index (χ1v) is 7.00. The van der Waals surface area contributed by atoms with Gasteiger partial charge in [-0.2, -0.15) is 0 Å². The van der Waals surface area contributed by atoms with E-state index in [2.05, 4.69) is 26.0 Å². The summed E-state index contributed by atoms with van der Waals surface area (Å²) in [5.74, 6) is 1.04. The Morgan fingerprint density at radius 3 is 2.63 bits per heavy atom. The van der Waals surface area contributed by atoms with Crippen LogP contribution in [0.15, 0.2) is 30.3 Å². The summed E-state index contributed by atoms with van der Waals surface area (Å²) in [7, 11) is 1.71. The van der Waals surface area contributed by atoms with E-state index < -0.39 is 0 Å². The van der Waals surface area contributed by atoms with Crippen LogP contribution in [0.5, 0.6) is 0 Å². The molecule has 0 N–H and O–H groups in total. The quantitative estimate of drug-likeness (QED) is 0.817. The molecule has 0 bridgehead atoms. The first kappa shape index (κ1) is 14.5. The molecule has 1 aliphatic rings. The zero-order chi connectivity index (χ0) is 13.7. The fraction of sp³-hybridized carbons (Fsp3) is 0.625. The lowest BCUT2D eigenvalue weighted by Crippen LogP contribution is -2.41. The Hall–Kier alpha value is -0.900. The second-order valence-corrected chi connectivity index (χ2v) is 5.44. The number of hydrogen-bond acceptors (Lipinski definition) is 3. The second kappa shape index (κ2) is 7.04. The van der Waals surface area contributed by atoms with Crippen LogP contribution >= 0.6 is 0 Å². The van der Waals surface area contributed by atoms with E-state index in [0.717, 1.165) is 6.42 Å². The van der Waals surface area contributed by atoms with Crippen molar-refractivity contribution in [3.63, 3.8) is 0 Å². The van der Waals surface area contributed by atoms with Crippen LogP contribution in [0.4, 0.5) is 0 Å². The fourth-order valence-electron chi connectivity index (χ4n) is 2.53. The van der Waals surface area contributed by atoms with Crippen LogP contribution in [0.3, 0.4) is 0 Å². The molecule has 1 fully saturated rings. The summed E-state index contributed by atoms with van der Waals surface area (Å²) in [5, 5.41) is 0. The third-order valence-electron chi connectivity index (χ3n) is 3.94. The van der Waals surface area contributed by atoms with Gasteiger partial charge in [-0.05, 0) is 17.9 Å². The maximum absolute atomic E-state index is 5.91. The SMILES string of the molecule is CO[C@H]1OC(COCc2ccccc2)C[C@H](C)C1C. The molecule has 0 amide bonds. The van der Waals surface area contributed by atoms with E-state index in [1.165, 1.54) is 5.56 Å². The standard InChI is InChI=1S/C16H24O3/c1-12-9-15(19-16(17-3)13(12)2)11-18-10-14-7-5-4-6-8-14/h4-8,12-13,15-16H,9-11H2,1-3H3/t12-,13?,15?,16-/m0/s1. The Balaban J connectivity index is 1.77. The molecule has 2 rings (SSSR count). The Bertz CT molecular complexity index is 366. The molecule has 3 heteroatoms. The second-order valence-electron chi connectivity index (χ2n) is 5.44. The van der Waals surface area contributed by atoms with Crippen molar-refractivity contribution in [2.75, 3.05) is 13.7 Å². The molecular formula is C16H24O3. The Morgan fingerprint density at radius 2 is 1.95 bits per heavy atom. The van der Waals surface area contributed by atoms with Crippen LogP contribution in [0.25, 0.3) is 0 Å². The summed E-state index contributed by atoms with van der Waals surface area (Å²) in [5.41, 5.74) is 1.20. The number of rotatable bonds is 5. The first-order chi connectivity index (χ1) is 9.20. The van der Waals surface area contributed by atoms with Crippen molar-refractivity contribution in [3.8, 4) is 0 Å². The van der Waals surface area contributed by atoms with E-state index in [1.54, 1.807) is 7.11 Å². The molecule has 4 atom stereocenters. The lowest BCUT2D eigenvalue weighted by atomic mass is 9.87. The number of methoxy groups -OCH3 is 1. The van der Waals surface area contributed by atoms with Crippen LogP contribution in [0.1, 0.15) is 25.8 Å². The van der Waals surface area contributed by atoms with Gasteiger partial charge in [-0.15, -0.1) is 0 Å². The van der Waals surface area contributed by atoms with Gasteiger partial charge in [0, 0.05) is 13.0 Å². The molecule has 19 heavy (non-hydrogen) atoms. The highest BCUT2D eigenvalue weighted by atomic mass is 16.7. The van der Waals surface area contributed by atoms with E-state index in [4.69, 9.17) is 14.2 Å². The summed E-state index contributed by atoms with van der Waals surface area (Å²) in [6.07, 6.45) is 1.07. The molecule has 0 aliphatic carbocycles. The molecule has 1 saturated heterocycles. The van der Waals surface area contributed by atoms with Crippen molar-refractivity contribution in [1.29, 1.82) is 0 Å². The van der Waals surface area contributed by atoms with Crippen LogP contribution in [-0.2, 0) is 20.8 Å². The summed E-state index contributed by atoms with van der Waals surface area (Å²) in [6.45, 7) is 5.71.